The molecule has 0 unspecified atom stereocenters. The van der Waals surface area contributed by atoms with Crippen molar-refractivity contribution in [1.82, 2.24) is 0 Å². The molecule has 2 aromatic carbocycles. The zero-order chi connectivity index (χ0) is 20.3. The van der Waals surface area contributed by atoms with Gasteiger partial charge in [-0.3, -0.25) is 9.59 Å². The first-order valence-corrected chi connectivity index (χ1v) is 11.5. The normalized spacial score (nSPS) is 15.1. The quantitative estimate of drug-likeness (QED) is 0.736. The fraction of sp³-hybridized carbons (Fsp3) is 0.263. The Labute approximate surface area is 173 Å². The molecule has 2 aromatic rings. The summed E-state index contributed by atoms with van der Waals surface area (Å²) in [5.74, 6) is 0.0551. The van der Waals surface area contributed by atoms with Crippen LogP contribution in [0.3, 0.4) is 0 Å². The highest BCUT2D eigenvalue weighted by atomic mass is 35.5. The van der Waals surface area contributed by atoms with E-state index in [0.717, 1.165) is 4.90 Å². The lowest BCUT2D eigenvalue weighted by Crippen LogP contribution is -2.25. The number of rotatable bonds is 5. The van der Waals surface area contributed by atoms with E-state index < -0.39 is 21.0 Å². The van der Waals surface area contributed by atoms with E-state index in [1.54, 1.807) is 30.3 Å². The average molecular weight is 439 g/mol. The lowest BCUT2D eigenvalue weighted by atomic mass is 10.3. The molecule has 1 aliphatic heterocycles. The van der Waals surface area contributed by atoms with Gasteiger partial charge in [-0.15, -0.1) is 11.8 Å². The van der Waals surface area contributed by atoms with E-state index in [1.807, 2.05) is 0 Å². The van der Waals surface area contributed by atoms with Crippen LogP contribution in [0.5, 0.6) is 0 Å². The Morgan fingerprint density at radius 2 is 2.04 bits per heavy atom. The van der Waals surface area contributed by atoms with Crippen molar-refractivity contribution in [2.45, 2.75) is 34.8 Å². The van der Waals surface area contributed by atoms with Gasteiger partial charge < -0.3 is 10.6 Å². The molecule has 6 nitrogen and oxygen atoms in total. The maximum Gasteiger partial charge on any atom is 0.225 e. The summed E-state index contributed by atoms with van der Waals surface area (Å²) in [6, 6.07) is 11.4. The Morgan fingerprint density at radius 1 is 1.29 bits per heavy atom. The van der Waals surface area contributed by atoms with Gasteiger partial charge in [0.15, 0.2) is 9.84 Å². The largest absolute Gasteiger partial charge is 0.325 e. The van der Waals surface area contributed by atoms with Crippen LogP contribution in [0.4, 0.5) is 11.4 Å². The molecule has 0 aliphatic carbocycles. The van der Waals surface area contributed by atoms with Gasteiger partial charge in [-0.05, 0) is 37.3 Å². The van der Waals surface area contributed by atoms with E-state index >= 15 is 0 Å². The van der Waals surface area contributed by atoms with Crippen LogP contribution in [0.25, 0.3) is 0 Å². The molecule has 0 bridgehead atoms. The summed E-state index contributed by atoms with van der Waals surface area (Å²) in [5.41, 5.74) is 0.921. The van der Waals surface area contributed by atoms with E-state index in [-0.39, 0.29) is 17.2 Å². The zero-order valence-electron chi connectivity index (χ0n) is 15.1. The van der Waals surface area contributed by atoms with Crippen LogP contribution in [0.15, 0.2) is 52.3 Å². The van der Waals surface area contributed by atoms with E-state index in [2.05, 4.69) is 10.6 Å². The number of carbonyl (C=O) groups is 2. The van der Waals surface area contributed by atoms with Gasteiger partial charge in [-0.25, -0.2) is 8.42 Å². The number of benzene rings is 2. The summed E-state index contributed by atoms with van der Waals surface area (Å²) in [6.07, 6.45) is 0.159. The number of fused-ring (bicyclic) bond motifs is 1. The maximum absolute atomic E-state index is 12.9. The van der Waals surface area contributed by atoms with Gasteiger partial charge in [0.2, 0.25) is 11.8 Å². The first-order valence-electron chi connectivity index (χ1n) is 8.62. The number of para-hydroxylation sites is 1. The van der Waals surface area contributed by atoms with Crippen molar-refractivity contribution < 1.29 is 18.0 Å². The molecular formula is C19H19ClN2O4S2. The molecule has 0 saturated heterocycles. The summed E-state index contributed by atoms with van der Waals surface area (Å²) in [4.78, 5) is 24.9. The predicted octanol–water partition coefficient (Wildman–Crippen LogP) is 3.97. The Morgan fingerprint density at radius 3 is 2.79 bits per heavy atom. The highest BCUT2D eigenvalue weighted by molar-refractivity contribution is 7.99. The molecule has 3 rings (SSSR count). The minimum Gasteiger partial charge on any atom is -0.325 e. The Balaban J connectivity index is 1.76. The molecular weight excluding hydrogens is 420 g/mol. The highest BCUT2D eigenvalue weighted by Crippen LogP contribution is 2.33. The van der Waals surface area contributed by atoms with Crippen LogP contribution in [-0.4, -0.2) is 31.2 Å². The van der Waals surface area contributed by atoms with Gasteiger partial charge in [0, 0.05) is 23.5 Å². The third-order valence-electron chi connectivity index (χ3n) is 4.29. The third kappa shape index (κ3) is 4.68. The molecule has 2 N–H and O–H groups in total. The molecule has 1 aliphatic rings. The molecule has 0 saturated carbocycles. The van der Waals surface area contributed by atoms with Gasteiger partial charge in [0.25, 0.3) is 0 Å². The molecule has 2 amide bonds. The second-order valence-electron chi connectivity index (χ2n) is 6.39. The first-order chi connectivity index (χ1) is 13.3. The van der Waals surface area contributed by atoms with Crippen LogP contribution in [-0.2, 0) is 19.4 Å². The van der Waals surface area contributed by atoms with Gasteiger partial charge >= 0.3 is 0 Å². The molecule has 1 heterocycles. The van der Waals surface area contributed by atoms with Crippen molar-refractivity contribution in [1.29, 1.82) is 0 Å². The number of thioether (sulfide) groups is 1. The van der Waals surface area contributed by atoms with E-state index in [9.17, 15) is 18.0 Å². The van der Waals surface area contributed by atoms with E-state index in [0.29, 0.717) is 28.6 Å². The number of hydrogen-bond donors (Lipinski definition) is 2. The van der Waals surface area contributed by atoms with Gasteiger partial charge in [0.05, 0.1) is 26.5 Å². The summed E-state index contributed by atoms with van der Waals surface area (Å²) in [6.45, 7) is 1.49. The lowest BCUT2D eigenvalue weighted by molar-refractivity contribution is -0.116. The molecule has 9 heteroatoms. The number of carbonyl (C=O) groups excluding carboxylic acids is 2. The van der Waals surface area contributed by atoms with E-state index in [4.69, 9.17) is 11.6 Å². The van der Waals surface area contributed by atoms with Gasteiger partial charge in [-0.2, -0.15) is 0 Å². The van der Waals surface area contributed by atoms with Crippen molar-refractivity contribution >= 4 is 56.4 Å². The van der Waals surface area contributed by atoms with Crippen molar-refractivity contribution in [3.8, 4) is 0 Å². The Hall–Kier alpha value is -2.03. The van der Waals surface area contributed by atoms with Crippen LogP contribution in [0.2, 0.25) is 5.02 Å². The minimum absolute atomic E-state index is 0.0760. The third-order valence-corrected chi connectivity index (χ3v) is 7.83. The number of sulfone groups is 1. The summed E-state index contributed by atoms with van der Waals surface area (Å²) in [5, 5.41) is 4.81. The van der Waals surface area contributed by atoms with Crippen molar-refractivity contribution in [2.75, 3.05) is 16.4 Å². The van der Waals surface area contributed by atoms with Gasteiger partial charge in [-0.1, -0.05) is 23.7 Å². The first kappa shape index (κ1) is 20.7. The number of halogens is 1. The summed E-state index contributed by atoms with van der Waals surface area (Å²) < 4.78 is 25.8. The highest BCUT2D eigenvalue weighted by Gasteiger charge is 2.27. The molecule has 0 aromatic heterocycles. The lowest BCUT2D eigenvalue weighted by Gasteiger charge is -2.15. The number of hydrogen-bond acceptors (Lipinski definition) is 5. The van der Waals surface area contributed by atoms with Crippen LogP contribution < -0.4 is 10.6 Å². The summed E-state index contributed by atoms with van der Waals surface area (Å²) >= 11 is 7.51. The smallest absolute Gasteiger partial charge is 0.225 e. The zero-order valence-corrected chi connectivity index (χ0v) is 17.5. The van der Waals surface area contributed by atoms with Gasteiger partial charge in [0.1, 0.15) is 0 Å². The monoisotopic (exact) mass is 438 g/mol. The average Bonchev–Trinajstić information content (AvgIpc) is 2.83. The number of nitrogens with one attached hydrogen (secondary N) is 2. The van der Waals surface area contributed by atoms with Crippen LogP contribution in [0, 0.1) is 0 Å². The van der Waals surface area contributed by atoms with E-state index in [1.165, 1.54) is 30.8 Å². The number of anilines is 2. The molecule has 0 fully saturated rings. The molecule has 0 radical (unpaired) electrons. The maximum atomic E-state index is 12.9. The van der Waals surface area contributed by atoms with Crippen LogP contribution >= 0.6 is 23.4 Å². The Bertz CT molecular complexity index is 1020. The summed E-state index contributed by atoms with van der Waals surface area (Å²) in [7, 11) is -3.75. The van der Waals surface area contributed by atoms with Crippen LogP contribution in [0.1, 0.15) is 19.8 Å². The molecule has 1 atom stereocenters. The number of amides is 2. The van der Waals surface area contributed by atoms with Crippen molar-refractivity contribution in [2.24, 2.45) is 0 Å². The van der Waals surface area contributed by atoms with Crippen molar-refractivity contribution in [3.63, 3.8) is 0 Å². The predicted molar refractivity (Wildman–Crippen MR) is 112 cm³/mol. The topological polar surface area (TPSA) is 92.3 Å². The Kier molecular flexibility index (Phi) is 6.32. The van der Waals surface area contributed by atoms with Crippen molar-refractivity contribution in [3.05, 3.63) is 47.5 Å². The molecule has 0 spiro atoms. The standard InChI is InChI=1S/C19H19ClN2O4S2/c1-12(10-19(24)21-15-5-3-2-4-14(15)20)28(25,26)13-6-7-17-16(11-13)22-18(23)8-9-27-17/h2-7,11-12H,8-10H2,1H3,(H,21,24)(H,22,23)/t12-/m1/s1. The second kappa shape index (κ2) is 8.55. The minimum atomic E-state index is -3.75. The fourth-order valence-corrected chi connectivity index (χ4v) is 5.24. The molecule has 28 heavy (non-hydrogen) atoms. The molecule has 148 valence electrons. The second-order valence-corrected chi connectivity index (χ2v) is 10.3. The fourth-order valence-electron chi connectivity index (χ4n) is 2.74. The SMILES string of the molecule is C[C@H](CC(=O)Nc1ccccc1Cl)S(=O)(=O)c1ccc2c(c1)NC(=O)CCS2.